The van der Waals surface area contributed by atoms with Crippen molar-refractivity contribution in [3.63, 3.8) is 0 Å². The van der Waals surface area contributed by atoms with Gasteiger partial charge in [0.05, 0.1) is 0 Å². The Balaban J connectivity index is 2.67. The van der Waals surface area contributed by atoms with Crippen LogP contribution in [0, 0.1) is 4.78 Å². The van der Waals surface area contributed by atoms with Gasteiger partial charge in [-0.2, -0.15) is 0 Å². The quantitative estimate of drug-likeness (QED) is 0.687. The van der Waals surface area contributed by atoms with Crippen molar-refractivity contribution in [2.75, 3.05) is 13.1 Å². The summed E-state index contributed by atoms with van der Waals surface area (Å²) in [6.07, 6.45) is 1.81. The van der Waals surface area contributed by atoms with E-state index in [1.807, 2.05) is 13.8 Å². The van der Waals surface area contributed by atoms with Crippen LogP contribution in [0.1, 0.15) is 26.7 Å². The Morgan fingerprint density at radius 1 is 1.42 bits per heavy atom. The predicted octanol–water partition coefficient (Wildman–Crippen LogP) is 1.19. The Bertz CT molecular complexity index is 227. The van der Waals surface area contributed by atoms with Crippen molar-refractivity contribution >= 4 is 9.73 Å². The maximum absolute atomic E-state index is 11.9. The van der Waals surface area contributed by atoms with E-state index in [9.17, 15) is 4.21 Å². The van der Waals surface area contributed by atoms with E-state index in [1.165, 1.54) is 0 Å². The largest absolute Gasteiger partial charge is 0.317 e. The van der Waals surface area contributed by atoms with Gasteiger partial charge in [-0.1, -0.05) is 13.8 Å². The summed E-state index contributed by atoms with van der Waals surface area (Å²) >= 11 is 0. The van der Waals surface area contributed by atoms with E-state index >= 15 is 0 Å². The van der Waals surface area contributed by atoms with E-state index in [2.05, 4.69) is 5.32 Å². The molecule has 1 aliphatic rings. The number of hydrogen-bond acceptors (Lipinski definition) is 3. The fourth-order valence-electron chi connectivity index (χ4n) is 1.53. The summed E-state index contributed by atoms with van der Waals surface area (Å²) in [5.74, 6) is 0. The lowest BCUT2D eigenvalue weighted by Crippen LogP contribution is -2.38. The average Bonchev–Trinajstić information content (AvgIpc) is 2.06. The monoisotopic (exact) mass is 190 g/mol. The summed E-state index contributed by atoms with van der Waals surface area (Å²) < 4.78 is 19.7. The minimum absolute atomic E-state index is 0.000556. The number of nitrogens with one attached hydrogen (secondary N) is 2. The van der Waals surface area contributed by atoms with Gasteiger partial charge in [0, 0.05) is 20.2 Å². The molecule has 3 nitrogen and oxygen atoms in total. The highest BCUT2D eigenvalue weighted by Gasteiger charge is 2.26. The number of piperidine rings is 1. The molecule has 0 saturated carbocycles. The molecule has 0 radical (unpaired) electrons. The standard InChI is InChI=1S/C8H18N2OS/c1-7(2)12(9,11)8-3-5-10-6-4-8/h7-10H,3-6H2,1-2H3. The fourth-order valence-corrected chi connectivity index (χ4v) is 3.24. The van der Waals surface area contributed by atoms with Crippen LogP contribution >= 0.6 is 0 Å². The Morgan fingerprint density at radius 3 is 2.33 bits per heavy atom. The fraction of sp³-hybridized carbons (Fsp3) is 1.00. The van der Waals surface area contributed by atoms with Crippen LogP contribution in [0.25, 0.3) is 0 Å². The Hall–Kier alpha value is -0.0900. The second-order valence-electron chi connectivity index (χ2n) is 3.65. The van der Waals surface area contributed by atoms with Crippen molar-refractivity contribution < 1.29 is 4.21 Å². The van der Waals surface area contributed by atoms with Gasteiger partial charge in [-0.15, -0.1) is 0 Å². The van der Waals surface area contributed by atoms with Crippen LogP contribution in [0.5, 0.6) is 0 Å². The van der Waals surface area contributed by atoms with E-state index in [-0.39, 0.29) is 10.5 Å². The van der Waals surface area contributed by atoms with Crippen LogP contribution in [-0.2, 0) is 9.73 Å². The Kier molecular flexibility index (Phi) is 3.12. The highest BCUT2D eigenvalue weighted by Crippen LogP contribution is 2.18. The Morgan fingerprint density at radius 2 is 1.92 bits per heavy atom. The first-order valence-electron chi connectivity index (χ1n) is 4.52. The zero-order valence-corrected chi connectivity index (χ0v) is 8.62. The molecule has 0 aliphatic carbocycles. The molecule has 4 heteroatoms. The summed E-state index contributed by atoms with van der Waals surface area (Å²) in [4.78, 5) is 0. The molecule has 1 aliphatic heterocycles. The highest BCUT2D eigenvalue weighted by molar-refractivity contribution is 7.93. The molecule has 0 aromatic heterocycles. The second-order valence-corrected chi connectivity index (χ2v) is 6.55. The van der Waals surface area contributed by atoms with Gasteiger partial charge in [-0.05, 0) is 25.9 Å². The van der Waals surface area contributed by atoms with E-state index in [0.717, 1.165) is 25.9 Å². The third-order valence-electron chi connectivity index (χ3n) is 2.48. The molecular formula is C8H18N2OS. The third-order valence-corrected chi connectivity index (χ3v) is 5.34. The second kappa shape index (κ2) is 3.75. The summed E-state index contributed by atoms with van der Waals surface area (Å²) in [6, 6.07) is 0. The predicted molar refractivity (Wildman–Crippen MR) is 51.9 cm³/mol. The highest BCUT2D eigenvalue weighted by atomic mass is 32.2. The van der Waals surface area contributed by atoms with Gasteiger partial charge in [-0.3, -0.25) is 4.78 Å². The third kappa shape index (κ3) is 1.98. The lowest BCUT2D eigenvalue weighted by molar-refractivity contribution is 0.514. The van der Waals surface area contributed by atoms with Crippen molar-refractivity contribution in [2.45, 2.75) is 37.2 Å². The van der Waals surface area contributed by atoms with E-state index in [1.54, 1.807) is 0 Å². The topological polar surface area (TPSA) is 53.0 Å². The number of rotatable bonds is 2. The smallest absolute Gasteiger partial charge is 0.0495 e. The SMILES string of the molecule is CC(C)S(=N)(=O)C1CCNCC1. The molecule has 0 bridgehead atoms. The molecule has 1 saturated heterocycles. The van der Waals surface area contributed by atoms with Crippen LogP contribution in [0.2, 0.25) is 0 Å². The molecule has 72 valence electrons. The first-order chi connectivity index (χ1) is 5.55. The van der Waals surface area contributed by atoms with Crippen LogP contribution in [0.15, 0.2) is 0 Å². The molecule has 2 N–H and O–H groups in total. The van der Waals surface area contributed by atoms with Crippen molar-refractivity contribution in [3.05, 3.63) is 0 Å². The van der Waals surface area contributed by atoms with Crippen molar-refractivity contribution in [3.8, 4) is 0 Å². The molecule has 1 atom stereocenters. The van der Waals surface area contributed by atoms with Crippen LogP contribution in [-0.4, -0.2) is 27.8 Å². The van der Waals surface area contributed by atoms with Gasteiger partial charge in [-0.25, -0.2) is 4.21 Å². The van der Waals surface area contributed by atoms with Gasteiger partial charge in [0.2, 0.25) is 0 Å². The maximum atomic E-state index is 11.9. The van der Waals surface area contributed by atoms with E-state index in [0.29, 0.717) is 0 Å². The van der Waals surface area contributed by atoms with Crippen LogP contribution < -0.4 is 5.32 Å². The summed E-state index contributed by atoms with van der Waals surface area (Å²) in [5, 5.41) is 3.34. The molecule has 0 aromatic rings. The summed E-state index contributed by atoms with van der Waals surface area (Å²) in [5.41, 5.74) is 0. The molecule has 1 heterocycles. The summed E-state index contributed by atoms with van der Waals surface area (Å²) in [7, 11) is -2.34. The van der Waals surface area contributed by atoms with Gasteiger partial charge in [0.25, 0.3) is 0 Å². The molecule has 1 fully saturated rings. The zero-order chi connectivity index (χ0) is 9.19. The molecule has 0 amide bonds. The van der Waals surface area contributed by atoms with Crippen LogP contribution in [0.3, 0.4) is 0 Å². The van der Waals surface area contributed by atoms with Gasteiger partial charge >= 0.3 is 0 Å². The average molecular weight is 190 g/mol. The lowest BCUT2D eigenvalue weighted by atomic mass is 10.2. The number of hydrogen-bond donors (Lipinski definition) is 2. The van der Waals surface area contributed by atoms with Crippen molar-refractivity contribution in [1.82, 2.24) is 5.32 Å². The van der Waals surface area contributed by atoms with Gasteiger partial charge in [0.15, 0.2) is 0 Å². The maximum Gasteiger partial charge on any atom is 0.0495 e. The Labute approximate surface area is 74.9 Å². The van der Waals surface area contributed by atoms with E-state index in [4.69, 9.17) is 4.78 Å². The first-order valence-corrected chi connectivity index (χ1v) is 6.20. The van der Waals surface area contributed by atoms with E-state index < -0.39 is 9.73 Å². The zero-order valence-electron chi connectivity index (χ0n) is 7.80. The molecule has 0 spiro atoms. The lowest BCUT2D eigenvalue weighted by Gasteiger charge is -2.26. The molecular weight excluding hydrogens is 172 g/mol. The minimum atomic E-state index is -2.34. The van der Waals surface area contributed by atoms with Gasteiger partial charge in [0.1, 0.15) is 0 Å². The molecule has 1 rings (SSSR count). The molecule has 12 heavy (non-hydrogen) atoms. The minimum Gasteiger partial charge on any atom is -0.317 e. The van der Waals surface area contributed by atoms with Crippen molar-refractivity contribution in [2.24, 2.45) is 0 Å². The normalized spacial score (nSPS) is 25.6. The first kappa shape index (κ1) is 9.99. The molecule has 0 aromatic carbocycles. The van der Waals surface area contributed by atoms with Crippen molar-refractivity contribution in [1.29, 1.82) is 4.78 Å². The molecule has 1 unspecified atom stereocenters. The van der Waals surface area contributed by atoms with Crippen LogP contribution in [0.4, 0.5) is 0 Å². The van der Waals surface area contributed by atoms with Gasteiger partial charge < -0.3 is 5.32 Å². The summed E-state index contributed by atoms with van der Waals surface area (Å²) in [6.45, 7) is 5.62.